The predicted octanol–water partition coefficient (Wildman–Crippen LogP) is 1.67. The van der Waals surface area contributed by atoms with Crippen molar-refractivity contribution >= 4 is 17.5 Å². The molecule has 0 bridgehead atoms. The van der Waals surface area contributed by atoms with Gasteiger partial charge in [0, 0.05) is 51.1 Å². The lowest BCUT2D eigenvalue weighted by Gasteiger charge is -2.49. The molecule has 132 valence electrons. The third-order valence-electron chi connectivity index (χ3n) is 4.87. The first kappa shape index (κ1) is 16.9. The number of rotatable bonds is 4. The van der Waals surface area contributed by atoms with Gasteiger partial charge in [-0.05, 0) is 6.42 Å². The van der Waals surface area contributed by atoms with Gasteiger partial charge >= 0.3 is 0 Å². The van der Waals surface area contributed by atoms with Crippen LogP contribution < -0.4 is 4.90 Å². The zero-order valence-corrected chi connectivity index (χ0v) is 13.9. The summed E-state index contributed by atoms with van der Waals surface area (Å²) in [4.78, 5) is 28.0. The zero-order valence-electron chi connectivity index (χ0n) is 13.9. The number of aromatic nitrogens is 2. The van der Waals surface area contributed by atoms with Gasteiger partial charge in [0.2, 0.25) is 18.2 Å². The van der Waals surface area contributed by atoms with Crippen molar-refractivity contribution in [2.45, 2.75) is 32.6 Å². The fourth-order valence-corrected chi connectivity index (χ4v) is 3.64. The summed E-state index contributed by atoms with van der Waals surface area (Å²) >= 11 is 0. The quantitative estimate of drug-likeness (QED) is 0.838. The average molecular weight is 340 g/mol. The maximum Gasteiger partial charge on any atom is 0.239 e. The molecule has 2 aliphatic heterocycles. The standard InChI is InChI=1S/C16H22F2N4O2/c1-16(5-13(17)18)9-21(10-16)15(24)11-3-4-14(23)22(7-11)12-6-19-20(2)8-12/h6,8,11,13H,3-5,7,9-10H2,1-2H3. The van der Waals surface area contributed by atoms with Crippen LogP contribution in [-0.4, -0.2) is 52.6 Å². The number of carbonyl (C=O) groups is 2. The minimum Gasteiger partial charge on any atom is -0.341 e. The Morgan fingerprint density at radius 2 is 2.17 bits per heavy atom. The van der Waals surface area contributed by atoms with E-state index in [1.807, 2.05) is 0 Å². The highest BCUT2D eigenvalue weighted by Gasteiger charge is 2.45. The van der Waals surface area contributed by atoms with E-state index in [9.17, 15) is 18.4 Å². The highest BCUT2D eigenvalue weighted by atomic mass is 19.3. The highest BCUT2D eigenvalue weighted by molar-refractivity contribution is 5.96. The van der Waals surface area contributed by atoms with Crippen LogP contribution in [0.4, 0.5) is 14.5 Å². The maximum absolute atomic E-state index is 12.6. The van der Waals surface area contributed by atoms with Gasteiger partial charge in [-0.15, -0.1) is 0 Å². The monoisotopic (exact) mass is 340 g/mol. The van der Waals surface area contributed by atoms with Crippen molar-refractivity contribution in [2.75, 3.05) is 24.5 Å². The molecule has 0 spiro atoms. The third kappa shape index (κ3) is 3.27. The first-order valence-electron chi connectivity index (χ1n) is 8.13. The van der Waals surface area contributed by atoms with Crippen molar-refractivity contribution in [2.24, 2.45) is 18.4 Å². The van der Waals surface area contributed by atoms with Gasteiger partial charge in [0.15, 0.2) is 0 Å². The number of anilines is 1. The molecule has 0 N–H and O–H groups in total. The first-order chi connectivity index (χ1) is 11.3. The fraction of sp³-hybridized carbons (Fsp3) is 0.688. The number of likely N-dealkylation sites (tertiary alicyclic amines) is 1. The van der Waals surface area contributed by atoms with Crippen molar-refractivity contribution < 1.29 is 18.4 Å². The first-order valence-corrected chi connectivity index (χ1v) is 8.13. The topological polar surface area (TPSA) is 58.4 Å². The Hall–Kier alpha value is -1.99. The molecule has 0 saturated carbocycles. The van der Waals surface area contributed by atoms with Crippen LogP contribution in [0.2, 0.25) is 0 Å². The Morgan fingerprint density at radius 1 is 1.46 bits per heavy atom. The molecule has 0 aliphatic carbocycles. The Kier molecular flexibility index (Phi) is 4.31. The Labute approximate surface area is 139 Å². The Balaban J connectivity index is 1.61. The van der Waals surface area contributed by atoms with Crippen molar-refractivity contribution in [1.29, 1.82) is 0 Å². The second kappa shape index (κ2) is 6.14. The van der Waals surface area contributed by atoms with E-state index >= 15 is 0 Å². The van der Waals surface area contributed by atoms with Crippen LogP contribution in [0, 0.1) is 11.3 Å². The molecule has 3 heterocycles. The largest absolute Gasteiger partial charge is 0.341 e. The number of hydrogen-bond donors (Lipinski definition) is 0. The molecule has 1 atom stereocenters. The molecule has 2 aliphatic rings. The molecule has 1 unspecified atom stereocenters. The van der Waals surface area contributed by atoms with Gasteiger partial charge in [-0.1, -0.05) is 6.92 Å². The summed E-state index contributed by atoms with van der Waals surface area (Å²) in [6, 6.07) is 0. The summed E-state index contributed by atoms with van der Waals surface area (Å²) in [5.41, 5.74) is 0.198. The lowest BCUT2D eigenvalue weighted by Crippen LogP contribution is -2.60. The van der Waals surface area contributed by atoms with Gasteiger partial charge in [0.05, 0.1) is 17.8 Å². The predicted molar refractivity (Wildman–Crippen MR) is 83.6 cm³/mol. The van der Waals surface area contributed by atoms with E-state index in [1.54, 1.807) is 40.8 Å². The lowest BCUT2D eigenvalue weighted by atomic mass is 9.78. The number of nitrogens with zero attached hydrogens (tertiary/aromatic N) is 4. The molecule has 6 nitrogen and oxygen atoms in total. The summed E-state index contributed by atoms with van der Waals surface area (Å²) in [7, 11) is 1.77. The van der Waals surface area contributed by atoms with E-state index in [0.717, 1.165) is 0 Å². The normalized spacial score (nSPS) is 23.5. The van der Waals surface area contributed by atoms with Crippen LogP contribution in [-0.2, 0) is 16.6 Å². The number of halogens is 2. The molecular weight excluding hydrogens is 318 g/mol. The molecule has 24 heavy (non-hydrogen) atoms. The minimum atomic E-state index is -2.35. The van der Waals surface area contributed by atoms with E-state index in [-0.39, 0.29) is 24.2 Å². The smallest absolute Gasteiger partial charge is 0.239 e. The summed E-state index contributed by atoms with van der Waals surface area (Å²) in [6.45, 7) is 2.85. The highest BCUT2D eigenvalue weighted by Crippen LogP contribution is 2.37. The molecule has 1 aromatic heterocycles. The molecule has 1 aromatic rings. The van der Waals surface area contributed by atoms with E-state index in [4.69, 9.17) is 0 Å². The number of alkyl halides is 2. The van der Waals surface area contributed by atoms with Crippen LogP contribution in [0.25, 0.3) is 0 Å². The van der Waals surface area contributed by atoms with E-state index in [0.29, 0.717) is 38.2 Å². The molecule has 8 heteroatoms. The van der Waals surface area contributed by atoms with Gasteiger partial charge in [-0.3, -0.25) is 14.3 Å². The van der Waals surface area contributed by atoms with Crippen LogP contribution >= 0.6 is 0 Å². The van der Waals surface area contributed by atoms with Crippen molar-refractivity contribution in [3.8, 4) is 0 Å². The van der Waals surface area contributed by atoms with E-state index < -0.39 is 11.8 Å². The molecule has 3 rings (SSSR count). The molecular formula is C16H22F2N4O2. The van der Waals surface area contributed by atoms with Gasteiger partial charge in [-0.2, -0.15) is 5.10 Å². The maximum atomic E-state index is 12.6. The summed E-state index contributed by atoms with van der Waals surface area (Å²) in [5, 5.41) is 4.06. The summed E-state index contributed by atoms with van der Waals surface area (Å²) in [5.74, 6) is -0.333. The van der Waals surface area contributed by atoms with Gasteiger partial charge in [-0.25, -0.2) is 8.78 Å². The van der Waals surface area contributed by atoms with Crippen molar-refractivity contribution in [3.05, 3.63) is 12.4 Å². The number of carbonyl (C=O) groups excluding carboxylic acids is 2. The van der Waals surface area contributed by atoms with E-state index in [1.165, 1.54) is 0 Å². The molecule has 0 radical (unpaired) electrons. The average Bonchev–Trinajstić information content (AvgIpc) is 2.90. The van der Waals surface area contributed by atoms with Gasteiger partial charge in [0.1, 0.15) is 0 Å². The molecule has 2 saturated heterocycles. The third-order valence-corrected chi connectivity index (χ3v) is 4.87. The number of hydrogen-bond acceptors (Lipinski definition) is 3. The fourth-order valence-electron chi connectivity index (χ4n) is 3.64. The van der Waals surface area contributed by atoms with Gasteiger partial charge < -0.3 is 9.80 Å². The zero-order chi connectivity index (χ0) is 17.5. The molecule has 2 fully saturated rings. The summed E-state index contributed by atoms with van der Waals surface area (Å²) < 4.78 is 26.7. The van der Waals surface area contributed by atoms with E-state index in [2.05, 4.69) is 5.10 Å². The van der Waals surface area contributed by atoms with Crippen LogP contribution in [0.3, 0.4) is 0 Å². The van der Waals surface area contributed by atoms with Gasteiger partial charge in [0.25, 0.3) is 0 Å². The van der Waals surface area contributed by atoms with Crippen LogP contribution in [0.1, 0.15) is 26.2 Å². The second-order valence-electron chi connectivity index (χ2n) is 7.21. The molecule has 2 amide bonds. The minimum absolute atomic E-state index is 0.0156. The second-order valence-corrected chi connectivity index (χ2v) is 7.21. The van der Waals surface area contributed by atoms with Crippen LogP contribution in [0.5, 0.6) is 0 Å². The lowest BCUT2D eigenvalue weighted by molar-refractivity contribution is -0.150. The molecule has 0 aromatic carbocycles. The Bertz CT molecular complexity index is 640. The van der Waals surface area contributed by atoms with Crippen molar-refractivity contribution in [3.63, 3.8) is 0 Å². The van der Waals surface area contributed by atoms with Crippen molar-refractivity contribution in [1.82, 2.24) is 14.7 Å². The number of aryl methyl sites for hydroxylation is 1. The Morgan fingerprint density at radius 3 is 2.75 bits per heavy atom. The number of amides is 2. The number of piperidine rings is 1. The van der Waals surface area contributed by atoms with Crippen LogP contribution in [0.15, 0.2) is 12.4 Å². The summed E-state index contributed by atoms with van der Waals surface area (Å²) in [6.07, 6.45) is 1.65. The SMILES string of the molecule is Cn1cc(N2CC(C(=O)N3CC(C)(CC(F)F)C3)CCC2=O)cn1.